The van der Waals surface area contributed by atoms with Gasteiger partial charge in [-0.2, -0.15) is 13.2 Å². The lowest BCUT2D eigenvalue weighted by Gasteiger charge is -2.13. The van der Waals surface area contributed by atoms with E-state index in [4.69, 9.17) is 4.74 Å². The first-order valence-corrected chi connectivity index (χ1v) is 11.2. The van der Waals surface area contributed by atoms with Crippen LogP contribution < -0.4 is 0 Å². The maximum atomic E-state index is 13.3. The molecule has 0 atom stereocenters. The summed E-state index contributed by atoms with van der Waals surface area (Å²) in [5.74, 6) is -1.29. The van der Waals surface area contributed by atoms with Crippen LogP contribution >= 0.6 is 0 Å². The number of halogens is 3. The van der Waals surface area contributed by atoms with Gasteiger partial charge < -0.3 is 9.84 Å². The Kier molecular flexibility index (Phi) is 8.30. The van der Waals surface area contributed by atoms with Crippen molar-refractivity contribution < 1.29 is 27.8 Å². The van der Waals surface area contributed by atoms with Gasteiger partial charge in [-0.15, -0.1) is 0 Å². The second-order valence-corrected chi connectivity index (χ2v) is 8.17. The number of benzene rings is 3. The van der Waals surface area contributed by atoms with E-state index in [2.05, 4.69) is 0 Å². The van der Waals surface area contributed by atoms with E-state index in [1.54, 1.807) is 14.0 Å². The van der Waals surface area contributed by atoms with Gasteiger partial charge in [0.15, 0.2) is 0 Å². The number of alkyl halides is 3. The number of methoxy groups -OCH3 is 1. The fourth-order valence-electron chi connectivity index (χ4n) is 3.79. The highest BCUT2D eigenvalue weighted by molar-refractivity contribution is 6.18. The summed E-state index contributed by atoms with van der Waals surface area (Å²) in [6.45, 7) is 4.05. The van der Waals surface area contributed by atoms with E-state index in [1.807, 2.05) is 61.5 Å². The summed E-state index contributed by atoms with van der Waals surface area (Å²) < 4.78 is 44.9. The topological polar surface area (TPSA) is 46.5 Å². The minimum Gasteiger partial charge on any atom is -0.478 e. The van der Waals surface area contributed by atoms with Gasteiger partial charge in [-0.25, -0.2) is 4.79 Å². The van der Waals surface area contributed by atoms with E-state index in [-0.39, 0.29) is 11.1 Å². The molecule has 0 radical (unpaired) electrons. The third-order valence-corrected chi connectivity index (χ3v) is 5.63. The first-order valence-electron chi connectivity index (χ1n) is 11.2. The number of carboxylic acids is 1. The highest BCUT2D eigenvalue weighted by Gasteiger charge is 2.31. The fraction of sp³-hybridized carbons (Fsp3) is 0.207. The lowest BCUT2D eigenvalue weighted by atomic mass is 9.93. The minimum absolute atomic E-state index is 0.0436. The van der Waals surface area contributed by atoms with Crippen molar-refractivity contribution in [3.05, 3.63) is 107 Å². The second kappa shape index (κ2) is 11.2. The molecule has 0 saturated heterocycles. The Labute approximate surface area is 203 Å². The molecule has 6 heteroatoms. The fourth-order valence-corrected chi connectivity index (χ4v) is 3.79. The zero-order valence-electron chi connectivity index (χ0n) is 19.8. The zero-order valence-corrected chi connectivity index (χ0v) is 19.8. The van der Waals surface area contributed by atoms with Crippen LogP contribution in [0.15, 0.2) is 78.9 Å². The van der Waals surface area contributed by atoms with Crippen molar-refractivity contribution in [2.24, 2.45) is 0 Å². The van der Waals surface area contributed by atoms with Crippen LogP contribution in [-0.4, -0.2) is 18.2 Å². The van der Waals surface area contributed by atoms with Gasteiger partial charge in [-0.3, -0.25) is 0 Å². The SMILES string of the molecule is CC/C=C(/C=C(/C(=O)O)c1cc(C(F)(F)F)ccc1C)c1ccc(-c2ccc(COC)cc2)cc1. The van der Waals surface area contributed by atoms with E-state index in [0.717, 1.165) is 34.4 Å². The second-order valence-electron chi connectivity index (χ2n) is 8.17. The van der Waals surface area contributed by atoms with Crippen LogP contribution in [0.2, 0.25) is 0 Å². The summed E-state index contributed by atoms with van der Waals surface area (Å²) in [5.41, 5.74) is 3.91. The summed E-state index contributed by atoms with van der Waals surface area (Å²) in [6, 6.07) is 18.8. The Hall–Kier alpha value is -3.64. The van der Waals surface area contributed by atoms with Gasteiger partial charge in [-0.1, -0.05) is 67.6 Å². The van der Waals surface area contributed by atoms with Crippen molar-refractivity contribution in [1.29, 1.82) is 0 Å². The van der Waals surface area contributed by atoms with Gasteiger partial charge in [0.25, 0.3) is 0 Å². The number of hydrogen-bond acceptors (Lipinski definition) is 2. The summed E-state index contributed by atoms with van der Waals surface area (Å²) in [5, 5.41) is 9.88. The van der Waals surface area contributed by atoms with E-state index in [1.165, 1.54) is 12.1 Å². The first-order chi connectivity index (χ1) is 16.6. The minimum atomic E-state index is -4.56. The van der Waals surface area contributed by atoms with Crippen LogP contribution in [0.25, 0.3) is 22.3 Å². The van der Waals surface area contributed by atoms with Gasteiger partial charge in [-0.05, 0) is 70.5 Å². The molecule has 0 spiro atoms. The zero-order chi connectivity index (χ0) is 25.6. The number of carbonyl (C=O) groups is 1. The number of aliphatic carboxylic acids is 1. The molecule has 0 unspecified atom stereocenters. The molecule has 0 amide bonds. The Bertz CT molecular complexity index is 1240. The highest BCUT2D eigenvalue weighted by atomic mass is 19.4. The molecule has 0 saturated carbocycles. The Balaban J connectivity index is 2.00. The molecule has 0 aliphatic heterocycles. The summed E-state index contributed by atoms with van der Waals surface area (Å²) in [7, 11) is 1.65. The molecule has 3 aromatic carbocycles. The number of aryl methyl sites for hydroxylation is 1. The highest BCUT2D eigenvalue weighted by Crippen LogP contribution is 2.34. The Morgan fingerprint density at radius 3 is 2.09 bits per heavy atom. The van der Waals surface area contributed by atoms with Crippen molar-refractivity contribution >= 4 is 17.1 Å². The van der Waals surface area contributed by atoms with Crippen LogP contribution in [0.3, 0.4) is 0 Å². The molecule has 0 fully saturated rings. The third-order valence-electron chi connectivity index (χ3n) is 5.63. The quantitative estimate of drug-likeness (QED) is 0.264. The van der Waals surface area contributed by atoms with Crippen molar-refractivity contribution in [3.8, 4) is 11.1 Å². The van der Waals surface area contributed by atoms with Gasteiger partial charge in [0.05, 0.1) is 17.7 Å². The first kappa shape index (κ1) is 26.0. The number of carboxylic acid groups (broad SMARTS) is 1. The lowest BCUT2D eigenvalue weighted by molar-refractivity contribution is -0.137. The van der Waals surface area contributed by atoms with Crippen LogP contribution in [0, 0.1) is 6.92 Å². The summed E-state index contributed by atoms with van der Waals surface area (Å²) in [4.78, 5) is 12.1. The van der Waals surface area contributed by atoms with Gasteiger partial charge in [0, 0.05) is 7.11 Å². The lowest BCUT2D eigenvalue weighted by Crippen LogP contribution is -2.08. The molecule has 0 heterocycles. The molecular formula is C29H27F3O3. The van der Waals surface area contributed by atoms with Crippen molar-refractivity contribution in [1.82, 2.24) is 0 Å². The Morgan fingerprint density at radius 2 is 1.57 bits per heavy atom. The predicted molar refractivity (Wildman–Crippen MR) is 133 cm³/mol. The molecule has 35 heavy (non-hydrogen) atoms. The van der Waals surface area contributed by atoms with Gasteiger partial charge in [0.2, 0.25) is 0 Å². The van der Waals surface area contributed by atoms with E-state index >= 15 is 0 Å². The molecule has 3 nitrogen and oxygen atoms in total. The molecule has 3 aromatic rings. The molecule has 0 bridgehead atoms. The summed E-state index contributed by atoms with van der Waals surface area (Å²) >= 11 is 0. The monoisotopic (exact) mass is 480 g/mol. The van der Waals surface area contributed by atoms with Crippen LogP contribution in [0.4, 0.5) is 13.2 Å². The average Bonchev–Trinajstić information content (AvgIpc) is 2.82. The van der Waals surface area contributed by atoms with E-state index in [0.29, 0.717) is 24.2 Å². The van der Waals surface area contributed by atoms with Crippen LogP contribution in [-0.2, 0) is 22.3 Å². The maximum Gasteiger partial charge on any atom is 0.416 e. The number of hydrogen-bond donors (Lipinski definition) is 1. The molecule has 1 N–H and O–H groups in total. The Morgan fingerprint density at radius 1 is 0.971 bits per heavy atom. The molecule has 182 valence electrons. The normalized spacial score (nSPS) is 12.6. The van der Waals surface area contributed by atoms with Gasteiger partial charge >= 0.3 is 12.1 Å². The van der Waals surface area contributed by atoms with E-state index in [9.17, 15) is 23.1 Å². The molecule has 3 rings (SSSR count). The van der Waals surface area contributed by atoms with Crippen molar-refractivity contribution in [3.63, 3.8) is 0 Å². The smallest absolute Gasteiger partial charge is 0.416 e. The maximum absolute atomic E-state index is 13.3. The standard InChI is InChI=1S/C29H27F3O3/c1-4-5-24(16-27(28(33)34)26-17-25(29(30,31)32)15-6-19(26)2)23-13-11-22(12-14-23)21-9-7-20(8-10-21)18-35-3/h5-17H,4,18H2,1-3H3,(H,33,34)/b24-5-,27-16+. The van der Waals surface area contributed by atoms with E-state index < -0.39 is 17.7 Å². The largest absolute Gasteiger partial charge is 0.478 e. The van der Waals surface area contributed by atoms with Crippen molar-refractivity contribution in [2.75, 3.05) is 7.11 Å². The molecular weight excluding hydrogens is 453 g/mol. The summed E-state index contributed by atoms with van der Waals surface area (Å²) in [6.07, 6.45) is -0.627. The number of allylic oxidation sites excluding steroid dienone is 3. The van der Waals surface area contributed by atoms with Crippen LogP contribution in [0.1, 0.15) is 41.2 Å². The molecule has 0 aromatic heterocycles. The number of rotatable bonds is 8. The van der Waals surface area contributed by atoms with Crippen LogP contribution in [0.5, 0.6) is 0 Å². The molecule has 0 aliphatic rings. The third kappa shape index (κ3) is 6.49. The number of ether oxygens (including phenoxy) is 1. The average molecular weight is 481 g/mol. The predicted octanol–water partition coefficient (Wildman–Crippen LogP) is 7.79. The van der Waals surface area contributed by atoms with Gasteiger partial charge in [0.1, 0.15) is 0 Å². The van der Waals surface area contributed by atoms with Crippen molar-refractivity contribution in [2.45, 2.75) is 33.1 Å². The molecule has 0 aliphatic carbocycles.